The van der Waals surface area contributed by atoms with E-state index in [-0.39, 0.29) is 6.10 Å². The Kier molecular flexibility index (Phi) is 5.30. The molecule has 1 aliphatic rings. The Morgan fingerprint density at radius 3 is 2.58 bits per heavy atom. The van der Waals surface area contributed by atoms with E-state index in [0.29, 0.717) is 0 Å². The summed E-state index contributed by atoms with van der Waals surface area (Å²) in [5.74, 6) is 12.8. The van der Waals surface area contributed by atoms with Crippen molar-refractivity contribution in [1.82, 2.24) is 0 Å². The predicted molar refractivity (Wildman–Crippen MR) is 79.2 cm³/mol. The van der Waals surface area contributed by atoms with Crippen molar-refractivity contribution < 1.29 is 4.74 Å². The summed E-state index contributed by atoms with van der Waals surface area (Å²) in [4.78, 5) is 0. The Labute approximate surface area is 115 Å². The molecule has 0 saturated carbocycles. The largest absolute Gasteiger partial charge is 0.363 e. The molecule has 0 saturated heterocycles. The van der Waals surface area contributed by atoms with Crippen molar-refractivity contribution in [2.24, 2.45) is 0 Å². The van der Waals surface area contributed by atoms with Crippen LogP contribution in [-0.2, 0) is 4.74 Å². The molecule has 0 amide bonds. The Balaban J connectivity index is 2.32. The van der Waals surface area contributed by atoms with Crippen molar-refractivity contribution in [2.45, 2.75) is 31.8 Å². The Bertz CT molecular complexity index is 546. The van der Waals surface area contributed by atoms with Crippen LogP contribution < -0.4 is 0 Å². The van der Waals surface area contributed by atoms with Gasteiger partial charge in [-0.3, -0.25) is 0 Å². The maximum atomic E-state index is 5.46. The lowest BCUT2D eigenvalue weighted by Gasteiger charge is -2.09. The minimum absolute atomic E-state index is 0.217. The topological polar surface area (TPSA) is 9.23 Å². The number of ether oxygens (including phenoxy) is 1. The van der Waals surface area contributed by atoms with E-state index >= 15 is 0 Å². The summed E-state index contributed by atoms with van der Waals surface area (Å²) < 4.78 is 5.46. The molecule has 0 N–H and O–H groups in total. The standard InChI is InChI=1S/C18H18O/c1-19-18-14-10-5-3-2-4-9-13-17(18)15-16-11-7-6-8-12-16/h6-8,11-12,15,18H,2-5H2,1H3/b17-15-. The van der Waals surface area contributed by atoms with Crippen LogP contribution in [0.15, 0.2) is 35.9 Å². The number of hydrogen-bond acceptors (Lipinski definition) is 1. The van der Waals surface area contributed by atoms with Crippen molar-refractivity contribution >= 4 is 6.08 Å². The third-order valence-corrected chi connectivity index (χ3v) is 2.96. The third-order valence-electron chi connectivity index (χ3n) is 2.96. The van der Waals surface area contributed by atoms with Gasteiger partial charge in [-0.15, -0.1) is 5.92 Å². The van der Waals surface area contributed by atoms with E-state index < -0.39 is 0 Å². The molecule has 0 radical (unpaired) electrons. The third kappa shape index (κ3) is 4.32. The molecule has 0 aliphatic heterocycles. The van der Waals surface area contributed by atoms with E-state index in [0.717, 1.165) is 36.8 Å². The van der Waals surface area contributed by atoms with Gasteiger partial charge in [0.25, 0.3) is 0 Å². The average molecular weight is 250 g/mol. The Hall–Kier alpha value is -1.96. The van der Waals surface area contributed by atoms with Crippen molar-refractivity contribution in [3.63, 3.8) is 0 Å². The van der Waals surface area contributed by atoms with Gasteiger partial charge in [-0.25, -0.2) is 0 Å². The van der Waals surface area contributed by atoms with E-state index in [1.165, 1.54) is 0 Å². The van der Waals surface area contributed by atoms with E-state index in [4.69, 9.17) is 4.74 Å². The van der Waals surface area contributed by atoms with Gasteiger partial charge in [0.15, 0.2) is 6.10 Å². The number of hydrogen-bond donors (Lipinski definition) is 0. The number of methoxy groups -OCH3 is 1. The molecule has 1 aromatic rings. The second-order valence-corrected chi connectivity index (χ2v) is 4.46. The Morgan fingerprint density at radius 1 is 1.11 bits per heavy atom. The first-order valence-electron chi connectivity index (χ1n) is 6.67. The maximum absolute atomic E-state index is 5.46. The van der Waals surface area contributed by atoms with Gasteiger partial charge in [-0.1, -0.05) is 48.1 Å². The zero-order valence-corrected chi connectivity index (χ0v) is 11.3. The molecule has 1 atom stereocenters. The second-order valence-electron chi connectivity index (χ2n) is 4.46. The summed E-state index contributed by atoms with van der Waals surface area (Å²) in [5.41, 5.74) is 2.08. The molecule has 1 aromatic carbocycles. The molecule has 0 aromatic heterocycles. The first-order chi connectivity index (χ1) is 9.40. The fourth-order valence-electron chi connectivity index (χ4n) is 1.93. The molecule has 0 spiro atoms. The van der Waals surface area contributed by atoms with Gasteiger partial charge < -0.3 is 4.74 Å². The normalized spacial score (nSPS) is 20.9. The zero-order valence-electron chi connectivity index (χ0n) is 11.3. The van der Waals surface area contributed by atoms with Crippen LogP contribution in [-0.4, -0.2) is 13.2 Å². The molecule has 19 heavy (non-hydrogen) atoms. The molecule has 2 rings (SSSR count). The highest BCUT2D eigenvalue weighted by atomic mass is 16.5. The summed E-state index contributed by atoms with van der Waals surface area (Å²) in [5, 5.41) is 0. The van der Waals surface area contributed by atoms with Crippen LogP contribution in [0, 0.1) is 23.7 Å². The lowest BCUT2D eigenvalue weighted by atomic mass is 10.0. The average Bonchev–Trinajstić information content (AvgIpc) is 2.46. The zero-order chi connectivity index (χ0) is 13.3. The van der Waals surface area contributed by atoms with E-state index in [1.807, 2.05) is 18.2 Å². The molecule has 1 aliphatic carbocycles. The van der Waals surface area contributed by atoms with E-state index in [1.54, 1.807) is 7.11 Å². The number of benzene rings is 1. The molecular weight excluding hydrogens is 232 g/mol. The maximum Gasteiger partial charge on any atom is 0.150 e. The van der Waals surface area contributed by atoms with Crippen LogP contribution in [0.2, 0.25) is 0 Å². The van der Waals surface area contributed by atoms with Crippen LogP contribution in [0.25, 0.3) is 6.08 Å². The fraction of sp³-hybridized carbons (Fsp3) is 0.333. The first-order valence-corrected chi connectivity index (χ1v) is 6.67. The summed E-state index contributed by atoms with van der Waals surface area (Å²) in [6.45, 7) is 0. The van der Waals surface area contributed by atoms with Gasteiger partial charge in [-0.05, 0) is 24.5 Å². The van der Waals surface area contributed by atoms with Crippen molar-refractivity contribution in [2.75, 3.05) is 7.11 Å². The van der Waals surface area contributed by atoms with E-state index in [9.17, 15) is 0 Å². The minimum Gasteiger partial charge on any atom is -0.363 e. The monoisotopic (exact) mass is 250 g/mol. The Morgan fingerprint density at radius 2 is 1.84 bits per heavy atom. The highest BCUT2D eigenvalue weighted by molar-refractivity contribution is 5.61. The molecule has 96 valence electrons. The smallest absolute Gasteiger partial charge is 0.150 e. The van der Waals surface area contributed by atoms with Crippen LogP contribution in [0.4, 0.5) is 0 Å². The molecule has 1 nitrogen and oxygen atoms in total. The SMILES string of the molecule is COC1C#CCCCCC#C/C1=C/c1ccccc1. The summed E-state index contributed by atoms with van der Waals surface area (Å²) >= 11 is 0. The lowest BCUT2D eigenvalue weighted by molar-refractivity contribution is 0.180. The predicted octanol–water partition coefficient (Wildman–Crippen LogP) is 3.67. The van der Waals surface area contributed by atoms with Gasteiger partial charge in [0, 0.05) is 25.5 Å². The summed E-state index contributed by atoms with van der Waals surface area (Å²) in [6.07, 6.45) is 5.96. The fourth-order valence-corrected chi connectivity index (χ4v) is 1.93. The van der Waals surface area contributed by atoms with Crippen molar-refractivity contribution in [3.8, 4) is 23.7 Å². The van der Waals surface area contributed by atoms with Crippen molar-refractivity contribution in [1.29, 1.82) is 0 Å². The minimum atomic E-state index is -0.217. The molecule has 1 unspecified atom stereocenters. The highest BCUT2D eigenvalue weighted by Crippen LogP contribution is 2.13. The summed E-state index contributed by atoms with van der Waals surface area (Å²) in [7, 11) is 1.69. The molecule has 0 fully saturated rings. The molecule has 0 heterocycles. The van der Waals surface area contributed by atoms with Gasteiger partial charge in [0.05, 0.1) is 0 Å². The van der Waals surface area contributed by atoms with Gasteiger partial charge in [-0.2, -0.15) is 0 Å². The van der Waals surface area contributed by atoms with Crippen LogP contribution in [0.5, 0.6) is 0 Å². The number of rotatable bonds is 2. The molecule has 1 heteroatoms. The quantitative estimate of drug-likeness (QED) is 0.728. The summed E-state index contributed by atoms with van der Waals surface area (Å²) in [6, 6.07) is 10.2. The first kappa shape index (κ1) is 13.5. The second kappa shape index (κ2) is 7.47. The van der Waals surface area contributed by atoms with E-state index in [2.05, 4.69) is 41.9 Å². The van der Waals surface area contributed by atoms with Crippen LogP contribution in [0.3, 0.4) is 0 Å². The molecule has 0 bridgehead atoms. The highest BCUT2D eigenvalue weighted by Gasteiger charge is 2.08. The van der Waals surface area contributed by atoms with Crippen LogP contribution in [0.1, 0.15) is 31.2 Å². The van der Waals surface area contributed by atoms with Gasteiger partial charge >= 0.3 is 0 Å². The van der Waals surface area contributed by atoms with Gasteiger partial charge in [0.1, 0.15) is 0 Å². The van der Waals surface area contributed by atoms with Crippen LogP contribution >= 0.6 is 0 Å². The lowest BCUT2D eigenvalue weighted by Crippen LogP contribution is -2.10. The molecular formula is C18H18O. The van der Waals surface area contributed by atoms with Gasteiger partial charge in [0.2, 0.25) is 0 Å². The van der Waals surface area contributed by atoms with Crippen molar-refractivity contribution in [3.05, 3.63) is 41.5 Å².